The number of amides is 2. The number of hydrogen-bond acceptors (Lipinski definition) is 2. The Balaban J connectivity index is 1.59. The quantitative estimate of drug-likeness (QED) is 0.847. The lowest BCUT2D eigenvalue weighted by Gasteiger charge is -2.41. The van der Waals surface area contributed by atoms with E-state index in [0.717, 1.165) is 18.4 Å². The van der Waals surface area contributed by atoms with Crippen molar-refractivity contribution in [2.75, 3.05) is 0 Å². The molecule has 1 heterocycles. The predicted octanol–water partition coefficient (Wildman–Crippen LogP) is 3.65. The summed E-state index contributed by atoms with van der Waals surface area (Å²) in [6.45, 7) is 6.74. The van der Waals surface area contributed by atoms with Gasteiger partial charge in [0.05, 0.1) is 0 Å². The molecule has 2 aromatic rings. The molecule has 0 bridgehead atoms. The van der Waals surface area contributed by atoms with Gasteiger partial charge in [-0.15, -0.1) is 0 Å². The fourth-order valence-corrected chi connectivity index (χ4v) is 4.69. The third kappa shape index (κ3) is 4.07. The minimum atomic E-state index is -0.441. The first-order chi connectivity index (χ1) is 13.9. The van der Waals surface area contributed by atoms with E-state index in [1.54, 1.807) is 0 Å². The monoisotopic (exact) mass is 390 g/mol. The first-order valence-corrected chi connectivity index (χ1v) is 10.7. The highest BCUT2D eigenvalue weighted by Gasteiger charge is 2.44. The molecule has 152 valence electrons. The molecule has 0 aromatic heterocycles. The molecule has 0 saturated carbocycles. The summed E-state index contributed by atoms with van der Waals surface area (Å²) in [6, 6.07) is 15.8. The van der Waals surface area contributed by atoms with Crippen LogP contribution in [0.3, 0.4) is 0 Å². The van der Waals surface area contributed by atoms with Gasteiger partial charge < -0.3 is 10.2 Å². The molecule has 2 aliphatic rings. The van der Waals surface area contributed by atoms with Crippen molar-refractivity contribution in [1.82, 2.24) is 10.2 Å². The maximum Gasteiger partial charge on any atom is 0.246 e. The lowest BCUT2D eigenvalue weighted by molar-refractivity contribution is -0.152. The molecule has 2 aromatic carbocycles. The van der Waals surface area contributed by atoms with Crippen LogP contribution in [0.15, 0.2) is 48.5 Å². The van der Waals surface area contributed by atoms with Crippen LogP contribution in [-0.2, 0) is 29.0 Å². The molecule has 4 heteroatoms. The van der Waals surface area contributed by atoms with Crippen molar-refractivity contribution in [2.45, 2.75) is 58.7 Å². The molecule has 1 aliphatic heterocycles. The van der Waals surface area contributed by atoms with Crippen LogP contribution in [0.2, 0.25) is 0 Å². The molecule has 4 nitrogen and oxygen atoms in total. The highest BCUT2D eigenvalue weighted by molar-refractivity contribution is 5.97. The van der Waals surface area contributed by atoms with E-state index in [-0.39, 0.29) is 17.7 Å². The molecule has 1 aliphatic carbocycles. The second-order valence-corrected chi connectivity index (χ2v) is 9.02. The SMILES string of the molecule is Cc1ccc(CN2C(=O)C(C3Cc4ccccc4C3)NC(=O)C2CC(C)C)cc1. The van der Waals surface area contributed by atoms with Crippen LogP contribution in [0.25, 0.3) is 0 Å². The number of nitrogens with zero attached hydrogens (tertiary/aromatic N) is 1. The van der Waals surface area contributed by atoms with Gasteiger partial charge in [0.1, 0.15) is 12.1 Å². The van der Waals surface area contributed by atoms with E-state index in [0.29, 0.717) is 18.9 Å². The van der Waals surface area contributed by atoms with E-state index in [1.807, 2.05) is 17.0 Å². The summed E-state index contributed by atoms with van der Waals surface area (Å²) in [5.74, 6) is 0.524. The van der Waals surface area contributed by atoms with Gasteiger partial charge >= 0.3 is 0 Å². The molecule has 1 fully saturated rings. The molecule has 1 saturated heterocycles. The number of rotatable bonds is 5. The van der Waals surface area contributed by atoms with Crippen molar-refractivity contribution < 1.29 is 9.59 Å². The number of fused-ring (bicyclic) bond motifs is 1. The van der Waals surface area contributed by atoms with E-state index >= 15 is 0 Å². The van der Waals surface area contributed by atoms with Gasteiger partial charge in [-0.05, 0) is 54.7 Å². The summed E-state index contributed by atoms with van der Waals surface area (Å²) in [7, 11) is 0. The largest absolute Gasteiger partial charge is 0.342 e. The Morgan fingerprint density at radius 1 is 1.00 bits per heavy atom. The first-order valence-electron chi connectivity index (χ1n) is 10.7. The lowest BCUT2D eigenvalue weighted by Crippen LogP contribution is -2.65. The molecule has 2 unspecified atom stereocenters. The van der Waals surface area contributed by atoms with Crippen LogP contribution in [0.1, 0.15) is 42.5 Å². The van der Waals surface area contributed by atoms with Gasteiger partial charge in [-0.1, -0.05) is 67.9 Å². The van der Waals surface area contributed by atoms with Gasteiger partial charge in [0.25, 0.3) is 0 Å². The summed E-state index contributed by atoms with van der Waals surface area (Å²) >= 11 is 0. The van der Waals surface area contributed by atoms with Crippen molar-refractivity contribution in [3.05, 3.63) is 70.8 Å². The van der Waals surface area contributed by atoms with Crippen LogP contribution in [0, 0.1) is 18.8 Å². The zero-order valence-corrected chi connectivity index (χ0v) is 17.5. The first kappa shape index (κ1) is 19.7. The Kier molecular flexibility index (Phi) is 5.44. The summed E-state index contributed by atoms with van der Waals surface area (Å²) in [4.78, 5) is 28.5. The molecule has 1 N–H and O–H groups in total. The summed E-state index contributed by atoms with van der Waals surface area (Å²) in [5.41, 5.74) is 4.86. The highest BCUT2D eigenvalue weighted by atomic mass is 16.2. The minimum absolute atomic E-state index is 0.00799. The average molecular weight is 391 g/mol. The second kappa shape index (κ2) is 8.02. The molecule has 2 atom stereocenters. The minimum Gasteiger partial charge on any atom is -0.342 e. The number of carbonyl (C=O) groups excluding carboxylic acids is 2. The third-order valence-corrected chi connectivity index (χ3v) is 6.25. The Labute approximate surface area is 173 Å². The number of nitrogens with one attached hydrogen (secondary N) is 1. The number of hydrogen-bond donors (Lipinski definition) is 1. The second-order valence-electron chi connectivity index (χ2n) is 9.02. The van der Waals surface area contributed by atoms with Crippen molar-refractivity contribution in [1.29, 1.82) is 0 Å². The van der Waals surface area contributed by atoms with Crippen LogP contribution < -0.4 is 5.32 Å². The maximum atomic E-state index is 13.6. The molecular weight excluding hydrogens is 360 g/mol. The van der Waals surface area contributed by atoms with Crippen LogP contribution in [0.5, 0.6) is 0 Å². The Morgan fingerprint density at radius 2 is 1.62 bits per heavy atom. The van der Waals surface area contributed by atoms with Gasteiger partial charge in [-0.25, -0.2) is 0 Å². The smallest absolute Gasteiger partial charge is 0.246 e. The van der Waals surface area contributed by atoms with Crippen molar-refractivity contribution >= 4 is 11.8 Å². The van der Waals surface area contributed by atoms with E-state index in [9.17, 15) is 9.59 Å². The van der Waals surface area contributed by atoms with Crippen molar-refractivity contribution in [3.63, 3.8) is 0 Å². The maximum absolute atomic E-state index is 13.6. The van der Waals surface area contributed by atoms with Gasteiger partial charge in [0.15, 0.2) is 0 Å². The van der Waals surface area contributed by atoms with Crippen molar-refractivity contribution in [2.24, 2.45) is 11.8 Å². The van der Waals surface area contributed by atoms with E-state index < -0.39 is 12.1 Å². The van der Waals surface area contributed by atoms with E-state index in [2.05, 4.69) is 62.5 Å². The Morgan fingerprint density at radius 3 is 2.21 bits per heavy atom. The fraction of sp³-hybridized carbons (Fsp3) is 0.440. The zero-order valence-electron chi connectivity index (χ0n) is 17.5. The van der Waals surface area contributed by atoms with Gasteiger partial charge in [0.2, 0.25) is 11.8 Å². The number of aryl methyl sites for hydroxylation is 1. The van der Waals surface area contributed by atoms with Crippen LogP contribution in [0.4, 0.5) is 0 Å². The van der Waals surface area contributed by atoms with Gasteiger partial charge in [-0.3, -0.25) is 9.59 Å². The molecule has 0 spiro atoms. The molecular formula is C25H30N2O2. The van der Waals surface area contributed by atoms with Crippen molar-refractivity contribution in [3.8, 4) is 0 Å². The zero-order chi connectivity index (χ0) is 20.5. The Hall–Kier alpha value is -2.62. The normalized spacial score (nSPS) is 22.1. The van der Waals surface area contributed by atoms with E-state index in [1.165, 1.54) is 16.7 Å². The molecule has 0 radical (unpaired) electrons. The molecule has 2 amide bonds. The Bertz CT molecular complexity index is 878. The van der Waals surface area contributed by atoms with Crippen LogP contribution in [-0.4, -0.2) is 28.8 Å². The topological polar surface area (TPSA) is 49.4 Å². The summed E-state index contributed by atoms with van der Waals surface area (Å²) < 4.78 is 0. The molecule has 29 heavy (non-hydrogen) atoms. The van der Waals surface area contributed by atoms with Gasteiger partial charge in [-0.2, -0.15) is 0 Å². The average Bonchev–Trinajstić information content (AvgIpc) is 3.12. The third-order valence-electron chi connectivity index (χ3n) is 6.25. The summed E-state index contributed by atoms with van der Waals surface area (Å²) in [5, 5.41) is 3.09. The lowest BCUT2D eigenvalue weighted by atomic mass is 9.90. The number of benzene rings is 2. The number of carbonyl (C=O) groups is 2. The number of piperazine rings is 1. The predicted molar refractivity (Wildman–Crippen MR) is 114 cm³/mol. The highest BCUT2D eigenvalue weighted by Crippen LogP contribution is 2.32. The van der Waals surface area contributed by atoms with Crippen LogP contribution >= 0.6 is 0 Å². The van der Waals surface area contributed by atoms with Gasteiger partial charge in [0, 0.05) is 6.54 Å². The fourth-order valence-electron chi connectivity index (χ4n) is 4.69. The van der Waals surface area contributed by atoms with E-state index in [4.69, 9.17) is 0 Å². The summed E-state index contributed by atoms with van der Waals surface area (Å²) in [6.07, 6.45) is 2.38. The molecule has 4 rings (SSSR count). The standard InChI is InChI=1S/C25H30N2O2/c1-16(2)12-22-24(28)26-23(21-13-19-6-4-5-7-20(19)14-21)25(29)27(22)15-18-10-8-17(3)9-11-18/h4-11,16,21-23H,12-15H2,1-3H3,(H,26,28).